The van der Waals surface area contributed by atoms with Gasteiger partial charge >= 0.3 is 0 Å². The Morgan fingerprint density at radius 3 is 1.25 bits per heavy atom. The Labute approximate surface area is 329 Å². The predicted octanol–water partition coefficient (Wildman–Crippen LogP) is 15.3. The molecule has 1 nitrogen and oxygen atoms in total. The molecular formula is C55H41N. The van der Waals surface area contributed by atoms with E-state index in [0.29, 0.717) is 0 Å². The Morgan fingerprint density at radius 2 is 0.750 bits per heavy atom. The molecule has 56 heavy (non-hydrogen) atoms. The van der Waals surface area contributed by atoms with Crippen molar-refractivity contribution in [2.75, 3.05) is 4.90 Å². The highest BCUT2D eigenvalue weighted by Crippen LogP contribution is 2.57. The van der Waals surface area contributed by atoms with Gasteiger partial charge in [0.25, 0.3) is 0 Å². The molecule has 0 atom stereocenters. The van der Waals surface area contributed by atoms with E-state index in [1.54, 1.807) is 0 Å². The molecule has 0 aromatic heterocycles. The third-order valence-corrected chi connectivity index (χ3v) is 11.7. The summed E-state index contributed by atoms with van der Waals surface area (Å²) in [6.07, 6.45) is 0. The van der Waals surface area contributed by atoms with Gasteiger partial charge in [0.2, 0.25) is 0 Å². The number of fused-ring (bicyclic) bond motifs is 5. The van der Waals surface area contributed by atoms with Crippen LogP contribution in [0.3, 0.4) is 0 Å². The highest BCUT2D eigenvalue weighted by atomic mass is 15.1. The summed E-state index contributed by atoms with van der Waals surface area (Å²) in [5.41, 5.74) is 18.4. The molecule has 0 saturated heterocycles. The van der Waals surface area contributed by atoms with Crippen LogP contribution in [0.15, 0.2) is 212 Å². The van der Waals surface area contributed by atoms with E-state index in [1.807, 2.05) is 0 Å². The summed E-state index contributed by atoms with van der Waals surface area (Å²) in [5, 5.41) is 2.53. The molecule has 0 aliphatic heterocycles. The van der Waals surface area contributed by atoms with E-state index < -0.39 is 0 Å². The fourth-order valence-electron chi connectivity index (χ4n) is 8.92. The number of hydrogen-bond donors (Lipinski definition) is 0. The number of rotatable bonds is 7. The molecule has 10 rings (SSSR count). The van der Waals surface area contributed by atoms with Crippen molar-refractivity contribution in [2.24, 2.45) is 0 Å². The van der Waals surface area contributed by atoms with E-state index in [9.17, 15) is 0 Å². The lowest BCUT2D eigenvalue weighted by Gasteiger charge is -2.30. The largest absolute Gasteiger partial charge is 0.310 e. The van der Waals surface area contributed by atoms with Crippen LogP contribution in [-0.4, -0.2) is 0 Å². The lowest BCUT2D eigenvalue weighted by atomic mass is 9.79. The highest BCUT2D eigenvalue weighted by Gasteiger charge is 2.39. The van der Waals surface area contributed by atoms with Gasteiger partial charge in [-0.2, -0.15) is 0 Å². The van der Waals surface area contributed by atoms with E-state index in [0.717, 1.165) is 17.1 Å². The van der Waals surface area contributed by atoms with Crippen LogP contribution in [0.2, 0.25) is 0 Å². The Hall–Kier alpha value is -6.96. The number of anilines is 3. The van der Waals surface area contributed by atoms with Crippen LogP contribution in [0.5, 0.6) is 0 Å². The van der Waals surface area contributed by atoms with E-state index in [4.69, 9.17) is 0 Å². The third kappa shape index (κ3) is 5.72. The van der Waals surface area contributed by atoms with Crippen molar-refractivity contribution in [1.82, 2.24) is 0 Å². The van der Waals surface area contributed by atoms with Crippen LogP contribution in [0.1, 0.15) is 25.0 Å². The van der Waals surface area contributed by atoms with E-state index in [-0.39, 0.29) is 5.41 Å². The average molecular weight is 716 g/mol. The summed E-state index contributed by atoms with van der Waals surface area (Å²) < 4.78 is 0. The number of benzene rings is 9. The molecule has 0 fully saturated rings. The maximum Gasteiger partial charge on any atom is 0.0546 e. The maximum absolute atomic E-state index is 2.48. The molecule has 1 aliphatic carbocycles. The molecule has 0 saturated carbocycles. The van der Waals surface area contributed by atoms with Crippen LogP contribution >= 0.6 is 0 Å². The number of nitrogens with zero attached hydrogens (tertiary/aromatic N) is 1. The molecule has 0 spiro atoms. The second kappa shape index (κ2) is 13.7. The van der Waals surface area contributed by atoms with Crippen molar-refractivity contribution in [1.29, 1.82) is 0 Å². The van der Waals surface area contributed by atoms with E-state index in [1.165, 1.54) is 77.5 Å². The average Bonchev–Trinajstić information content (AvgIpc) is 3.51. The minimum Gasteiger partial charge on any atom is -0.310 e. The standard InChI is InChI=1S/C55H41N/c1-55(2)51-24-14-23-47(44-27-25-41(26-28-44)38-15-6-3-7-16-38)53(51)50-37-52(48-21-12-13-22-49(48)54(50)55)56(45-33-29-42(30-34-45)39-17-8-4-9-18-39)46-35-31-43(32-36-46)40-19-10-5-11-20-40/h3-37H,1-2H3. The molecule has 9 aromatic rings. The van der Waals surface area contributed by atoms with Gasteiger partial charge in [-0.1, -0.05) is 196 Å². The Bertz CT molecular complexity index is 2740. The summed E-state index contributed by atoms with van der Waals surface area (Å²) in [4.78, 5) is 2.45. The fraction of sp³-hybridized carbons (Fsp3) is 0.0545. The van der Waals surface area contributed by atoms with E-state index in [2.05, 4.69) is 231 Å². The zero-order valence-electron chi connectivity index (χ0n) is 31.7. The topological polar surface area (TPSA) is 3.24 Å². The SMILES string of the molecule is CC1(C)c2cccc(-c3ccc(-c4ccccc4)cc3)c2-c2cc(N(c3ccc(-c4ccccc4)cc3)c3ccc(-c4ccccc4)cc3)c3ccccc3c21. The summed E-state index contributed by atoms with van der Waals surface area (Å²) in [7, 11) is 0. The lowest BCUT2D eigenvalue weighted by molar-refractivity contribution is 0.666. The van der Waals surface area contributed by atoms with Crippen LogP contribution in [0.4, 0.5) is 17.1 Å². The zero-order chi connectivity index (χ0) is 37.6. The highest BCUT2D eigenvalue weighted by molar-refractivity contribution is 6.09. The first-order valence-electron chi connectivity index (χ1n) is 19.5. The minimum absolute atomic E-state index is 0.192. The van der Waals surface area contributed by atoms with Crippen molar-refractivity contribution in [3.63, 3.8) is 0 Å². The van der Waals surface area contributed by atoms with E-state index >= 15 is 0 Å². The van der Waals surface area contributed by atoms with Gasteiger partial charge in [0.15, 0.2) is 0 Å². The zero-order valence-corrected chi connectivity index (χ0v) is 31.7. The Morgan fingerprint density at radius 1 is 0.339 bits per heavy atom. The molecule has 0 radical (unpaired) electrons. The summed E-state index contributed by atoms with van der Waals surface area (Å²) in [5.74, 6) is 0. The van der Waals surface area contributed by atoms with Gasteiger partial charge in [0.1, 0.15) is 0 Å². The first-order chi connectivity index (χ1) is 27.5. The fourth-order valence-corrected chi connectivity index (χ4v) is 8.92. The second-order valence-corrected chi connectivity index (χ2v) is 15.3. The summed E-state index contributed by atoms with van der Waals surface area (Å²) in [6, 6.07) is 77.5. The maximum atomic E-state index is 2.48. The molecule has 266 valence electrons. The smallest absolute Gasteiger partial charge is 0.0546 e. The van der Waals surface area contributed by atoms with Gasteiger partial charge in [-0.05, 0) is 102 Å². The minimum atomic E-state index is -0.192. The van der Waals surface area contributed by atoms with Crippen LogP contribution in [0, 0.1) is 0 Å². The van der Waals surface area contributed by atoms with Crippen LogP contribution < -0.4 is 4.90 Å². The monoisotopic (exact) mass is 715 g/mol. The summed E-state index contributed by atoms with van der Waals surface area (Å²) in [6.45, 7) is 4.79. The quantitative estimate of drug-likeness (QED) is 0.159. The third-order valence-electron chi connectivity index (χ3n) is 11.7. The first-order valence-corrected chi connectivity index (χ1v) is 19.5. The molecule has 0 amide bonds. The van der Waals surface area contributed by atoms with Crippen molar-refractivity contribution in [2.45, 2.75) is 19.3 Å². The van der Waals surface area contributed by atoms with Crippen molar-refractivity contribution < 1.29 is 0 Å². The van der Waals surface area contributed by atoms with Gasteiger partial charge in [-0.3, -0.25) is 0 Å². The van der Waals surface area contributed by atoms with Crippen molar-refractivity contribution in [3.05, 3.63) is 223 Å². The molecule has 9 aromatic carbocycles. The van der Waals surface area contributed by atoms with Crippen molar-refractivity contribution in [3.8, 4) is 55.6 Å². The first kappa shape index (κ1) is 33.6. The Kier molecular flexibility index (Phi) is 8.23. The summed E-state index contributed by atoms with van der Waals surface area (Å²) >= 11 is 0. The van der Waals surface area contributed by atoms with Gasteiger partial charge in [-0.25, -0.2) is 0 Å². The van der Waals surface area contributed by atoms with Crippen LogP contribution in [-0.2, 0) is 5.41 Å². The molecule has 0 heterocycles. The molecular weight excluding hydrogens is 675 g/mol. The van der Waals surface area contributed by atoms with Gasteiger partial charge < -0.3 is 4.90 Å². The molecule has 1 aliphatic rings. The molecule has 0 N–H and O–H groups in total. The number of hydrogen-bond acceptors (Lipinski definition) is 1. The molecule has 0 unspecified atom stereocenters. The Balaban J connectivity index is 1.18. The van der Waals surface area contributed by atoms with Gasteiger partial charge in [0.05, 0.1) is 5.69 Å². The second-order valence-electron chi connectivity index (χ2n) is 15.3. The molecule has 1 heteroatoms. The van der Waals surface area contributed by atoms with Gasteiger partial charge in [-0.15, -0.1) is 0 Å². The molecule has 0 bridgehead atoms. The predicted molar refractivity (Wildman–Crippen MR) is 238 cm³/mol. The lowest BCUT2D eigenvalue weighted by Crippen LogP contribution is -2.16. The van der Waals surface area contributed by atoms with Crippen LogP contribution in [0.25, 0.3) is 66.4 Å². The van der Waals surface area contributed by atoms with Gasteiger partial charge in [0, 0.05) is 22.2 Å². The normalized spacial score (nSPS) is 12.6. The van der Waals surface area contributed by atoms with Crippen molar-refractivity contribution >= 4 is 27.8 Å².